The molecule has 0 fully saturated rings. The number of aromatic nitrogens is 4. The molecule has 0 saturated carbocycles. The van der Waals surface area contributed by atoms with E-state index in [0.717, 1.165) is 17.1 Å². The second-order valence-electron chi connectivity index (χ2n) is 6.68. The summed E-state index contributed by atoms with van der Waals surface area (Å²) < 4.78 is 22.8. The number of hydrogen-bond donors (Lipinski definition) is 0. The van der Waals surface area contributed by atoms with Crippen molar-refractivity contribution in [3.8, 4) is 35.0 Å². The van der Waals surface area contributed by atoms with Gasteiger partial charge < -0.3 is 4.74 Å². The summed E-state index contributed by atoms with van der Waals surface area (Å²) in [5.74, 6) is 0.651. The fraction of sp³-hybridized carbons (Fsp3) is 0.174. The largest absolute Gasteiger partial charge is 0.465 e. The van der Waals surface area contributed by atoms with Crippen molar-refractivity contribution in [1.29, 1.82) is 5.26 Å². The first-order valence-corrected chi connectivity index (χ1v) is 9.58. The standard InChI is InChI=1S/C23H20FN5O/c1-3-30-23-27-21(16(2)29(23)20-6-4-5-18(13-20)14-24)22-26-11-12-28(22)19-9-7-17(15-25)8-10-19/h4-13H,3,14H2,1-2H3. The molecule has 0 bridgehead atoms. The number of benzene rings is 2. The van der Waals surface area contributed by atoms with Crippen LogP contribution in [0.15, 0.2) is 60.9 Å². The number of alkyl halides is 1. The number of imidazole rings is 2. The molecule has 0 spiro atoms. The molecule has 0 amide bonds. The van der Waals surface area contributed by atoms with E-state index in [1.807, 2.05) is 53.4 Å². The van der Waals surface area contributed by atoms with Crippen LogP contribution in [0.25, 0.3) is 22.9 Å². The Hall–Kier alpha value is -3.92. The summed E-state index contributed by atoms with van der Waals surface area (Å²) in [7, 11) is 0. The van der Waals surface area contributed by atoms with Gasteiger partial charge >= 0.3 is 6.01 Å². The minimum atomic E-state index is -0.540. The zero-order chi connectivity index (χ0) is 21.1. The Kier molecular flexibility index (Phi) is 5.31. The lowest BCUT2D eigenvalue weighted by Gasteiger charge is -2.11. The molecule has 0 aliphatic rings. The van der Waals surface area contributed by atoms with Crippen molar-refractivity contribution in [2.75, 3.05) is 6.61 Å². The number of rotatable bonds is 6. The lowest BCUT2D eigenvalue weighted by atomic mass is 10.2. The lowest BCUT2D eigenvalue weighted by molar-refractivity contribution is 0.307. The molecular formula is C23H20FN5O. The SMILES string of the molecule is CCOc1nc(-c2nccn2-c2ccc(C#N)cc2)c(C)n1-c1cccc(CF)c1. The molecule has 0 atom stereocenters. The highest BCUT2D eigenvalue weighted by Crippen LogP contribution is 2.31. The highest BCUT2D eigenvalue weighted by molar-refractivity contribution is 5.61. The van der Waals surface area contributed by atoms with Crippen LogP contribution in [0.3, 0.4) is 0 Å². The van der Waals surface area contributed by atoms with Crippen LogP contribution in [0.5, 0.6) is 6.01 Å². The van der Waals surface area contributed by atoms with Crippen molar-refractivity contribution >= 4 is 0 Å². The summed E-state index contributed by atoms with van der Waals surface area (Å²) in [5.41, 5.74) is 4.32. The molecule has 0 aliphatic heterocycles. The van der Waals surface area contributed by atoms with Crippen molar-refractivity contribution in [3.63, 3.8) is 0 Å². The van der Waals surface area contributed by atoms with Gasteiger partial charge in [-0.3, -0.25) is 9.13 Å². The molecule has 4 aromatic rings. The molecule has 150 valence electrons. The number of ether oxygens (including phenoxy) is 1. The molecule has 0 saturated heterocycles. The first-order valence-electron chi connectivity index (χ1n) is 9.58. The summed E-state index contributed by atoms with van der Waals surface area (Å²) in [6, 6.07) is 17.0. The molecule has 0 radical (unpaired) electrons. The van der Waals surface area contributed by atoms with Gasteiger partial charge in [0.15, 0.2) is 5.82 Å². The predicted molar refractivity (Wildman–Crippen MR) is 112 cm³/mol. The van der Waals surface area contributed by atoms with Crippen molar-refractivity contribution in [3.05, 3.63) is 77.7 Å². The zero-order valence-electron chi connectivity index (χ0n) is 16.7. The fourth-order valence-electron chi connectivity index (χ4n) is 3.38. The molecule has 0 N–H and O–H groups in total. The molecule has 4 rings (SSSR count). The maximum atomic E-state index is 13.2. The van der Waals surface area contributed by atoms with Gasteiger partial charge in [-0.1, -0.05) is 12.1 Å². The topological polar surface area (TPSA) is 68.7 Å². The van der Waals surface area contributed by atoms with Gasteiger partial charge in [-0.25, -0.2) is 9.37 Å². The van der Waals surface area contributed by atoms with Crippen LogP contribution in [-0.4, -0.2) is 25.7 Å². The van der Waals surface area contributed by atoms with E-state index in [0.29, 0.717) is 35.3 Å². The van der Waals surface area contributed by atoms with Gasteiger partial charge in [0, 0.05) is 18.1 Å². The number of hydrogen-bond acceptors (Lipinski definition) is 4. The van der Waals surface area contributed by atoms with E-state index >= 15 is 0 Å². The average Bonchev–Trinajstić information content (AvgIpc) is 3.38. The molecule has 2 aromatic carbocycles. The van der Waals surface area contributed by atoms with Crippen LogP contribution in [0, 0.1) is 18.3 Å². The molecule has 2 heterocycles. The zero-order valence-corrected chi connectivity index (χ0v) is 16.7. The molecule has 0 unspecified atom stereocenters. The normalized spacial score (nSPS) is 10.7. The van der Waals surface area contributed by atoms with Crippen molar-refractivity contribution in [1.82, 2.24) is 19.1 Å². The van der Waals surface area contributed by atoms with E-state index in [4.69, 9.17) is 15.0 Å². The highest BCUT2D eigenvalue weighted by Gasteiger charge is 2.21. The predicted octanol–water partition coefficient (Wildman–Crippen LogP) is 4.77. The Bertz CT molecular complexity index is 1220. The minimum Gasteiger partial charge on any atom is -0.465 e. The van der Waals surface area contributed by atoms with E-state index in [-0.39, 0.29) is 0 Å². The Balaban J connectivity index is 1.85. The van der Waals surface area contributed by atoms with Crippen molar-refractivity contribution < 1.29 is 9.13 Å². The summed E-state index contributed by atoms with van der Waals surface area (Å²) in [5, 5.41) is 9.04. The van der Waals surface area contributed by atoms with Gasteiger partial charge in [0.05, 0.1) is 29.6 Å². The third kappa shape index (κ3) is 3.44. The van der Waals surface area contributed by atoms with Crippen molar-refractivity contribution in [2.45, 2.75) is 20.5 Å². The molecule has 2 aromatic heterocycles. The molecule has 0 aliphatic carbocycles. The van der Waals surface area contributed by atoms with Gasteiger partial charge in [0.2, 0.25) is 0 Å². The third-order valence-electron chi connectivity index (χ3n) is 4.80. The fourth-order valence-corrected chi connectivity index (χ4v) is 3.38. The van der Waals surface area contributed by atoms with E-state index in [1.54, 1.807) is 30.5 Å². The number of nitriles is 1. The Labute approximate surface area is 173 Å². The number of nitrogens with zero attached hydrogens (tertiary/aromatic N) is 5. The summed E-state index contributed by atoms with van der Waals surface area (Å²) >= 11 is 0. The van der Waals surface area contributed by atoms with E-state index in [2.05, 4.69) is 11.1 Å². The second kappa shape index (κ2) is 8.21. The summed E-state index contributed by atoms with van der Waals surface area (Å²) in [6.45, 7) is 3.73. The molecule has 6 nitrogen and oxygen atoms in total. The van der Waals surface area contributed by atoms with Crippen LogP contribution in [-0.2, 0) is 6.67 Å². The average molecular weight is 401 g/mol. The first-order chi connectivity index (χ1) is 14.7. The van der Waals surface area contributed by atoms with Crippen LogP contribution in [0.4, 0.5) is 4.39 Å². The van der Waals surface area contributed by atoms with Gasteiger partial charge in [0.25, 0.3) is 0 Å². The van der Waals surface area contributed by atoms with Crippen LogP contribution in [0.1, 0.15) is 23.7 Å². The monoisotopic (exact) mass is 401 g/mol. The molecular weight excluding hydrogens is 381 g/mol. The third-order valence-corrected chi connectivity index (χ3v) is 4.80. The Morgan fingerprint density at radius 1 is 1.13 bits per heavy atom. The van der Waals surface area contributed by atoms with Gasteiger partial charge in [-0.05, 0) is 55.8 Å². The second-order valence-corrected chi connectivity index (χ2v) is 6.68. The van der Waals surface area contributed by atoms with E-state index in [9.17, 15) is 4.39 Å². The maximum absolute atomic E-state index is 13.2. The minimum absolute atomic E-state index is 0.426. The smallest absolute Gasteiger partial charge is 0.301 e. The van der Waals surface area contributed by atoms with Gasteiger partial charge in [-0.2, -0.15) is 10.2 Å². The lowest BCUT2D eigenvalue weighted by Crippen LogP contribution is -2.03. The van der Waals surface area contributed by atoms with Crippen LogP contribution >= 0.6 is 0 Å². The van der Waals surface area contributed by atoms with Crippen LogP contribution < -0.4 is 4.74 Å². The van der Waals surface area contributed by atoms with E-state index in [1.165, 1.54) is 0 Å². The van der Waals surface area contributed by atoms with Crippen LogP contribution in [0.2, 0.25) is 0 Å². The van der Waals surface area contributed by atoms with Gasteiger partial charge in [0.1, 0.15) is 12.4 Å². The Morgan fingerprint density at radius 3 is 2.63 bits per heavy atom. The molecule has 30 heavy (non-hydrogen) atoms. The first kappa shape index (κ1) is 19.4. The van der Waals surface area contributed by atoms with E-state index < -0.39 is 6.67 Å². The maximum Gasteiger partial charge on any atom is 0.301 e. The quantitative estimate of drug-likeness (QED) is 0.467. The molecule has 7 heteroatoms. The number of halogens is 1. The summed E-state index contributed by atoms with van der Waals surface area (Å²) in [4.78, 5) is 9.22. The van der Waals surface area contributed by atoms with Crippen molar-refractivity contribution in [2.24, 2.45) is 0 Å². The highest BCUT2D eigenvalue weighted by atomic mass is 19.1. The Morgan fingerprint density at radius 2 is 1.93 bits per heavy atom. The summed E-state index contributed by atoms with van der Waals surface area (Å²) in [6.07, 6.45) is 3.55. The van der Waals surface area contributed by atoms with Gasteiger partial charge in [-0.15, -0.1) is 0 Å².